The van der Waals surface area contributed by atoms with Gasteiger partial charge >= 0.3 is 0 Å². The van der Waals surface area contributed by atoms with Crippen molar-refractivity contribution in [3.05, 3.63) is 53.3 Å². The molecular formula is C15H10FN3. The third-order valence-corrected chi connectivity index (χ3v) is 3.08. The first kappa shape index (κ1) is 11.4. The molecule has 1 aromatic heterocycles. The number of aromatic amines is 1. The van der Waals surface area contributed by atoms with Crippen LogP contribution in [-0.2, 0) is 0 Å². The van der Waals surface area contributed by atoms with Crippen LogP contribution in [0, 0.1) is 24.1 Å². The highest BCUT2D eigenvalue weighted by molar-refractivity contribution is 5.84. The maximum absolute atomic E-state index is 13.6. The molecule has 0 spiro atoms. The van der Waals surface area contributed by atoms with Gasteiger partial charge in [-0.3, -0.25) is 0 Å². The van der Waals surface area contributed by atoms with Gasteiger partial charge in [-0.1, -0.05) is 18.2 Å². The first-order valence-corrected chi connectivity index (χ1v) is 5.84. The predicted octanol–water partition coefficient (Wildman–Crippen LogP) is 3.55. The van der Waals surface area contributed by atoms with Crippen molar-refractivity contribution < 1.29 is 4.39 Å². The number of hydrogen-bond acceptors (Lipinski definition) is 2. The lowest BCUT2D eigenvalue weighted by Gasteiger charge is -1.99. The number of nitrogens with zero attached hydrogens (tertiary/aromatic N) is 2. The number of nitriles is 1. The van der Waals surface area contributed by atoms with Crippen LogP contribution in [0.25, 0.3) is 22.4 Å². The Morgan fingerprint density at radius 1 is 1.26 bits per heavy atom. The SMILES string of the molecule is Cc1ccc(-c2nc3c(C#N)cccc3[nH]2)cc1F. The van der Waals surface area contributed by atoms with E-state index in [1.54, 1.807) is 25.1 Å². The maximum Gasteiger partial charge on any atom is 0.138 e. The second kappa shape index (κ2) is 4.21. The van der Waals surface area contributed by atoms with E-state index in [1.807, 2.05) is 12.1 Å². The molecule has 1 N–H and O–H groups in total. The van der Waals surface area contributed by atoms with E-state index in [9.17, 15) is 4.39 Å². The standard InChI is InChI=1S/C15H10FN3/c1-9-5-6-10(7-12(9)16)15-18-13-4-2-3-11(8-17)14(13)19-15/h2-7H,1H3,(H,18,19). The van der Waals surface area contributed by atoms with Crippen molar-refractivity contribution in [2.45, 2.75) is 6.92 Å². The summed E-state index contributed by atoms with van der Waals surface area (Å²) >= 11 is 0. The Kier molecular flexibility index (Phi) is 2.53. The molecule has 92 valence electrons. The van der Waals surface area contributed by atoms with Gasteiger partial charge in [0.05, 0.1) is 11.1 Å². The molecule has 3 rings (SSSR count). The molecule has 0 bridgehead atoms. The molecule has 0 unspecified atom stereocenters. The zero-order chi connectivity index (χ0) is 13.4. The van der Waals surface area contributed by atoms with Crippen LogP contribution < -0.4 is 0 Å². The summed E-state index contributed by atoms with van der Waals surface area (Å²) in [5.41, 5.74) is 3.16. The summed E-state index contributed by atoms with van der Waals surface area (Å²) in [4.78, 5) is 7.48. The third kappa shape index (κ3) is 1.85. The molecular weight excluding hydrogens is 241 g/mol. The number of aromatic nitrogens is 2. The molecule has 0 aliphatic heterocycles. The first-order chi connectivity index (χ1) is 9.19. The molecule has 2 aromatic carbocycles. The molecule has 0 aliphatic rings. The van der Waals surface area contributed by atoms with E-state index < -0.39 is 0 Å². The van der Waals surface area contributed by atoms with Gasteiger partial charge in [-0.2, -0.15) is 5.26 Å². The van der Waals surface area contributed by atoms with Crippen molar-refractivity contribution in [3.63, 3.8) is 0 Å². The van der Waals surface area contributed by atoms with Crippen LogP contribution in [0.15, 0.2) is 36.4 Å². The van der Waals surface area contributed by atoms with E-state index in [0.717, 1.165) is 5.52 Å². The lowest BCUT2D eigenvalue weighted by molar-refractivity contribution is 0.619. The molecule has 0 aliphatic carbocycles. The minimum absolute atomic E-state index is 0.265. The van der Waals surface area contributed by atoms with Crippen molar-refractivity contribution in [1.29, 1.82) is 5.26 Å². The molecule has 4 heteroatoms. The second-order valence-corrected chi connectivity index (χ2v) is 4.36. The Bertz CT molecular complexity index is 812. The van der Waals surface area contributed by atoms with Crippen LogP contribution in [0.1, 0.15) is 11.1 Å². The summed E-state index contributed by atoms with van der Waals surface area (Å²) < 4.78 is 13.6. The smallest absolute Gasteiger partial charge is 0.138 e. The van der Waals surface area contributed by atoms with Gasteiger partial charge in [0.2, 0.25) is 0 Å². The Morgan fingerprint density at radius 3 is 2.84 bits per heavy atom. The van der Waals surface area contributed by atoms with Gasteiger partial charge in [-0.05, 0) is 30.7 Å². The van der Waals surface area contributed by atoms with Gasteiger partial charge < -0.3 is 4.98 Å². The molecule has 0 amide bonds. The van der Waals surface area contributed by atoms with Crippen molar-refractivity contribution in [3.8, 4) is 17.5 Å². The second-order valence-electron chi connectivity index (χ2n) is 4.36. The molecule has 1 heterocycles. The van der Waals surface area contributed by atoms with Crippen LogP contribution in [0.5, 0.6) is 0 Å². The molecule has 0 fully saturated rings. The number of aryl methyl sites for hydroxylation is 1. The lowest BCUT2D eigenvalue weighted by atomic mass is 10.1. The van der Waals surface area contributed by atoms with E-state index >= 15 is 0 Å². The minimum Gasteiger partial charge on any atom is -0.338 e. The van der Waals surface area contributed by atoms with E-state index in [0.29, 0.717) is 28.0 Å². The average molecular weight is 251 g/mol. The summed E-state index contributed by atoms with van der Waals surface area (Å²) in [6.07, 6.45) is 0. The van der Waals surface area contributed by atoms with Crippen LogP contribution >= 0.6 is 0 Å². The van der Waals surface area contributed by atoms with Gasteiger partial charge in [0.25, 0.3) is 0 Å². The summed E-state index contributed by atoms with van der Waals surface area (Å²) in [7, 11) is 0. The lowest BCUT2D eigenvalue weighted by Crippen LogP contribution is -1.85. The van der Waals surface area contributed by atoms with E-state index in [4.69, 9.17) is 5.26 Å². The van der Waals surface area contributed by atoms with Gasteiger partial charge in [0.1, 0.15) is 23.2 Å². The average Bonchev–Trinajstić information content (AvgIpc) is 2.85. The number of rotatable bonds is 1. The topological polar surface area (TPSA) is 52.5 Å². The fourth-order valence-corrected chi connectivity index (χ4v) is 2.00. The maximum atomic E-state index is 13.6. The Morgan fingerprint density at radius 2 is 2.11 bits per heavy atom. The number of imidazole rings is 1. The van der Waals surface area contributed by atoms with Crippen molar-refractivity contribution in [2.75, 3.05) is 0 Å². The molecule has 19 heavy (non-hydrogen) atoms. The van der Waals surface area contributed by atoms with E-state index in [-0.39, 0.29) is 5.82 Å². The Balaban J connectivity index is 2.21. The number of nitrogens with one attached hydrogen (secondary N) is 1. The Hall–Kier alpha value is -2.67. The molecule has 3 nitrogen and oxygen atoms in total. The fraction of sp³-hybridized carbons (Fsp3) is 0.0667. The summed E-state index contributed by atoms with van der Waals surface area (Å²) in [6.45, 7) is 1.71. The number of H-pyrrole nitrogens is 1. The number of benzene rings is 2. The number of hydrogen-bond donors (Lipinski definition) is 1. The molecule has 0 radical (unpaired) electrons. The zero-order valence-corrected chi connectivity index (χ0v) is 10.2. The predicted molar refractivity (Wildman–Crippen MR) is 70.9 cm³/mol. The van der Waals surface area contributed by atoms with Gasteiger partial charge in [0, 0.05) is 5.56 Å². The van der Waals surface area contributed by atoms with Crippen molar-refractivity contribution in [1.82, 2.24) is 9.97 Å². The van der Waals surface area contributed by atoms with Crippen LogP contribution in [0.2, 0.25) is 0 Å². The molecule has 0 atom stereocenters. The first-order valence-electron chi connectivity index (χ1n) is 5.84. The van der Waals surface area contributed by atoms with Crippen molar-refractivity contribution >= 4 is 11.0 Å². The Labute approximate surface area is 109 Å². The van der Waals surface area contributed by atoms with Gasteiger partial charge in [0.15, 0.2) is 0 Å². The van der Waals surface area contributed by atoms with E-state index in [2.05, 4.69) is 16.0 Å². The highest BCUT2D eigenvalue weighted by Crippen LogP contribution is 2.23. The molecule has 0 saturated heterocycles. The highest BCUT2D eigenvalue weighted by Gasteiger charge is 2.09. The number of para-hydroxylation sites is 1. The van der Waals surface area contributed by atoms with Crippen LogP contribution in [0.4, 0.5) is 4.39 Å². The van der Waals surface area contributed by atoms with Crippen LogP contribution in [-0.4, -0.2) is 9.97 Å². The van der Waals surface area contributed by atoms with Gasteiger partial charge in [-0.25, -0.2) is 9.37 Å². The normalized spacial score (nSPS) is 10.6. The summed E-state index contributed by atoms with van der Waals surface area (Å²) in [5, 5.41) is 9.03. The monoisotopic (exact) mass is 251 g/mol. The third-order valence-electron chi connectivity index (χ3n) is 3.08. The number of halogens is 1. The highest BCUT2D eigenvalue weighted by atomic mass is 19.1. The largest absolute Gasteiger partial charge is 0.338 e. The van der Waals surface area contributed by atoms with Crippen LogP contribution in [0.3, 0.4) is 0 Å². The minimum atomic E-state index is -0.265. The summed E-state index contributed by atoms with van der Waals surface area (Å²) in [6, 6.07) is 12.4. The van der Waals surface area contributed by atoms with E-state index in [1.165, 1.54) is 6.07 Å². The summed E-state index contributed by atoms with van der Waals surface area (Å²) in [5.74, 6) is 0.301. The fourth-order valence-electron chi connectivity index (χ4n) is 2.00. The molecule has 3 aromatic rings. The number of fused-ring (bicyclic) bond motifs is 1. The van der Waals surface area contributed by atoms with Gasteiger partial charge in [-0.15, -0.1) is 0 Å². The zero-order valence-electron chi connectivity index (χ0n) is 10.2. The quantitative estimate of drug-likeness (QED) is 0.719. The molecule has 0 saturated carbocycles. The van der Waals surface area contributed by atoms with Crippen molar-refractivity contribution in [2.24, 2.45) is 0 Å².